The number of aliphatic hydroxyl groups excluding tert-OH is 1. The van der Waals surface area contributed by atoms with Crippen LogP contribution in [-0.4, -0.2) is 27.1 Å². The van der Waals surface area contributed by atoms with Gasteiger partial charge in [0.2, 0.25) is 0 Å². The predicted molar refractivity (Wildman–Crippen MR) is 108 cm³/mol. The zero-order valence-corrected chi connectivity index (χ0v) is 16.8. The van der Waals surface area contributed by atoms with E-state index in [4.69, 9.17) is 4.52 Å². The number of halogens is 1. The van der Waals surface area contributed by atoms with Crippen molar-refractivity contribution in [2.24, 2.45) is 0 Å². The molecule has 2 heterocycles. The number of hydrogen-bond donors (Lipinski definition) is 2. The molecule has 0 radical (unpaired) electrons. The van der Waals surface area contributed by atoms with E-state index in [9.17, 15) is 19.8 Å². The molecular formula is C21H15BrN2O5. The van der Waals surface area contributed by atoms with Crippen LogP contribution >= 0.6 is 15.9 Å². The van der Waals surface area contributed by atoms with Crippen molar-refractivity contribution in [3.05, 3.63) is 81.5 Å². The van der Waals surface area contributed by atoms with Crippen molar-refractivity contribution in [1.82, 2.24) is 5.16 Å². The van der Waals surface area contributed by atoms with Crippen LogP contribution in [0.2, 0.25) is 0 Å². The average Bonchev–Trinajstić information content (AvgIpc) is 3.23. The number of amides is 1. The molecule has 2 N–H and O–H groups in total. The number of carbonyl (C=O) groups excluding carboxylic acids is 2. The molecule has 146 valence electrons. The van der Waals surface area contributed by atoms with Gasteiger partial charge in [-0.25, -0.2) is 0 Å². The lowest BCUT2D eigenvalue weighted by Crippen LogP contribution is -2.29. The molecule has 0 saturated carbocycles. The third-order valence-corrected chi connectivity index (χ3v) is 5.14. The number of Topliss-reactive ketones (excluding diaryl/α,β-unsaturated/α-hetero) is 1. The Balaban J connectivity index is 1.95. The van der Waals surface area contributed by atoms with Gasteiger partial charge < -0.3 is 14.7 Å². The molecule has 0 bridgehead atoms. The van der Waals surface area contributed by atoms with E-state index in [0.29, 0.717) is 16.9 Å². The molecule has 29 heavy (non-hydrogen) atoms. The molecule has 8 heteroatoms. The van der Waals surface area contributed by atoms with Crippen LogP contribution in [-0.2, 0) is 9.59 Å². The van der Waals surface area contributed by atoms with Gasteiger partial charge in [0, 0.05) is 16.1 Å². The molecule has 4 rings (SSSR count). The fourth-order valence-electron chi connectivity index (χ4n) is 3.31. The van der Waals surface area contributed by atoms with E-state index >= 15 is 0 Å². The highest BCUT2D eigenvalue weighted by atomic mass is 79.9. The molecule has 0 unspecified atom stereocenters. The maximum absolute atomic E-state index is 12.9. The molecule has 1 aromatic heterocycles. The third kappa shape index (κ3) is 3.31. The van der Waals surface area contributed by atoms with Crippen molar-refractivity contribution >= 4 is 39.2 Å². The highest BCUT2D eigenvalue weighted by Gasteiger charge is 2.48. The number of anilines is 1. The second-order valence-electron chi connectivity index (χ2n) is 6.57. The summed E-state index contributed by atoms with van der Waals surface area (Å²) in [7, 11) is 0. The molecule has 0 aliphatic carbocycles. The van der Waals surface area contributed by atoms with E-state index in [1.807, 2.05) is 0 Å². The van der Waals surface area contributed by atoms with Gasteiger partial charge in [0.25, 0.3) is 5.78 Å². The number of aromatic hydroxyl groups is 1. The van der Waals surface area contributed by atoms with E-state index < -0.39 is 17.7 Å². The Bertz CT molecular complexity index is 1150. The second-order valence-corrected chi connectivity index (χ2v) is 7.48. The molecule has 1 aliphatic heterocycles. The minimum absolute atomic E-state index is 0.0342. The zero-order valence-electron chi connectivity index (χ0n) is 15.2. The van der Waals surface area contributed by atoms with Gasteiger partial charge >= 0.3 is 5.91 Å². The summed E-state index contributed by atoms with van der Waals surface area (Å²) in [4.78, 5) is 26.9. The summed E-state index contributed by atoms with van der Waals surface area (Å²) in [5, 5.41) is 24.7. The first-order chi connectivity index (χ1) is 13.9. The first-order valence-electron chi connectivity index (χ1n) is 8.66. The van der Waals surface area contributed by atoms with Gasteiger partial charge in [0.05, 0.1) is 11.6 Å². The van der Waals surface area contributed by atoms with Gasteiger partial charge in [0.1, 0.15) is 17.3 Å². The Hall–Kier alpha value is -3.39. The lowest BCUT2D eigenvalue weighted by Gasteiger charge is -2.22. The van der Waals surface area contributed by atoms with E-state index in [1.165, 1.54) is 18.2 Å². The number of carbonyl (C=O) groups is 2. The van der Waals surface area contributed by atoms with Crippen molar-refractivity contribution in [2.45, 2.75) is 13.0 Å². The fraction of sp³-hybridized carbons (Fsp3) is 0.0952. The summed E-state index contributed by atoms with van der Waals surface area (Å²) < 4.78 is 5.88. The number of aryl methyl sites for hydroxylation is 1. The number of benzene rings is 2. The fourth-order valence-corrected chi connectivity index (χ4v) is 3.57. The number of aromatic nitrogens is 1. The van der Waals surface area contributed by atoms with E-state index in [-0.39, 0.29) is 22.9 Å². The van der Waals surface area contributed by atoms with Crippen molar-refractivity contribution in [2.75, 3.05) is 4.90 Å². The number of rotatable bonds is 3. The maximum Gasteiger partial charge on any atom is 0.301 e. The monoisotopic (exact) mass is 454 g/mol. The lowest BCUT2D eigenvalue weighted by atomic mass is 9.95. The number of phenolic OH excluding ortho intramolecular Hbond substituents is 1. The molecule has 1 atom stereocenters. The Labute approximate surface area is 174 Å². The largest absolute Gasteiger partial charge is 0.508 e. The minimum Gasteiger partial charge on any atom is -0.508 e. The molecule has 1 saturated heterocycles. The van der Waals surface area contributed by atoms with E-state index in [1.54, 1.807) is 43.3 Å². The van der Waals surface area contributed by atoms with Crippen LogP contribution in [0.25, 0.3) is 5.76 Å². The smallest absolute Gasteiger partial charge is 0.301 e. The van der Waals surface area contributed by atoms with Gasteiger partial charge in [-0.05, 0) is 36.8 Å². The van der Waals surface area contributed by atoms with Crippen molar-refractivity contribution in [3.63, 3.8) is 0 Å². The van der Waals surface area contributed by atoms with Crippen LogP contribution in [0.15, 0.2) is 69.2 Å². The van der Waals surface area contributed by atoms with Crippen LogP contribution in [0, 0.1) is 6.92 Å². The average molecular weight is 455 g/mol. The summed E-state index contributed by atoms with van der Waals surface area (Å²) in [5.74, 6) is -1.43. The maximum atomic E-state index is 12.9. The van der Waals surface area contributed by atoms with E-state index in [2.05, 4.69) is 21.1 Å². The summed E-state index contributed by atoms with van der Waals surface area (Å²) in [6, 6.07) is 13.4. The first-order valence-corrected chi connectivity index (χ1v) is 9.45. The number of aliphatic hydroxyl groups is 1. The lowest BCUT2D eigenvalue weighted by molar-refractivity contribution is -0.132. The van der Waals surface area contributed by atoms with Crippen molar-refractivity contribution in [1.29, 1.82) is 0 Å². The SMILES string of the molecule is Cc1cc(N2C(=O)C(=O)C(=C(O)c3ccc(Br)cc3)[C@H]2c2cccc(O)c2)no1. The standard InChI is InChI=1S/C21H15BrN2O5/c1-11-9-16(23-29-11)24-18(13-3-2-4-15(25)10-13)17(20(27)21(24)28)19(26)12-5-7-14(22)8-6-12/h2-10,18,25-26H,1H3/t18-/m1/s1. The molecule has 3 aromatic rings. The Morgan fingerprint density at radius 3 is 2.48 bits per heavy atom. The molecule has 0 spiro atoms. The van der Waals surface area contributed by atoms with Crippen LogP contribution in [0.1, 0.15) is 22.9 Å². The van der Waals surface area contributed by atoms with Gasteiger partial charge in [-0.2, -0.15) is 0 Å². The summed E-state index contributed by atoms with van der Waals surface area (Å²) in [6.45, 7) is 1.66. The first kappa shape index (κ1) is 18.9. The Kier molecular flexibility index (Phi) is 4.71. The van der Waals surface area contributed by atoms with Crippen LogP contribution in [0.3, 0.4) is 0 Å². The quantitative estimate of drug-likeness (QED) is 0.351. The minimum atomic E-state index is -0.977. The van der Waals surface area contributed by atoms with Crippen LogP contribution < -0.4 is 4.90 Å². The topological polar surface area (TPSA) is 104 Å². The normalized spacial score (nSPS) is 18.4. The molecular weight excluding hydrogens is 440 g/mol. The number of nitrogens with zero attached hydrogens (tertiary/aromatic N) is 2. The molecule has 2 aromatic carbocycles. The number of hydrogen-bond acceptors (Lipinski definition) is 6. The van der Waals surface area contributed by atoms with Crippen molar-refractivity contribution in [3.8, 4) is 5.75 Å². The van der Waals surface area contributed by atoms with Crippen molar-refractivity contribution < 1.29 is 24.3 Å². The number of phenols is 1. The third-order valence-electron chi connectivity index (χ3n) is 4.61. The second kappa shape index (κ2) is 7.21. The van der Waals surface area contributed by atoms with Gasteiger partial charge in [0.15, 0.2) is 5.82 Å². The molecule has 1 amide bonds. The summed E-state index contributed by atoms with van der Waals surface area (Å²) in [6.07, 6.45) is 0. The predicted octanol–water partition coefficient (Wildman–Crippen LogP) is 4.08. The highest BCUT2D eigenvalue weighted by Crippen LogP contribution is 2.42. The van der Waals surface area contributed by atoms with Crippen LogP contribution in [0.4, 0.5) is 5.82 Å². The highest BCUT2D eigenvalue weighted by molar-refractivity contribution is 9.10. The Morgan fingerprint density at radius 1 is 1.14 bits per heavy atom. The van der Waals surface area contributed by atoms with Gasteiger partial charge in [-0.15, -0.1) is 0 Å². The number of ketones is 1. The molecule has 1 aliphatic rings. The van der Waals surface area contributed by atoms with Crippen LogP contribution in [0.5, 0.6) is 5.75 Å². The van der Waals surface area contributed by atoms with Gasteiger partial charge in [-0.1, -0.05) is 45.4 Å². The molecule has 1 fully saturated rings. The molecule has 7 nitrogen and oxygen atoms in total. The van der Waals surface area contributed by atoms with E-state index in [0.717, 1.165) is 9.37 Å². The summed E-state index contributed by atoms with van der Waals surface area (Å²) in [5.41, 5.74) is 0.736. The van der Waals surface area contributed by atoms with Gasteiger partial charge in [-0.3, -0.25) is 14.5 Å². The summed E-state index contributed by atoms with van der Waals surface area (Å²) >= 11 is 3.33. The Morgan fingerprint density at radius 2 is 1.86 bits per heavy atom. The zero-order chi connectivity index (χ0) is 20.7.